The number of rotatable bonds is 24. The molecule has 0 aliphatic heterocycles. The number of ether oxygens (including phenoxy) is 2. The van der Waals surface area contributed by atoms with Crippen LogP contribution in [0.25, 0.3) is 0 Å². The average molecular weight is 417 g/mol. The van der Waals surface area contributed by atoms with E-state index in [1.165, 1.54) is 64.2 Å². The third-order valence-electron chi connectivity index (χ3n) is 5.86. The summed E-state index contributed by atoms with van der Waals surface area (Å²) in [5, 5.41) is 19.6. The van der Waals surface area contributed by atoms with E-state index in [-0.39, 0.29) is 13.2 Å². The van der Waals surface area contributed by atoms with Crippen molar-refractivity contribution in [3.8, 4) is 0 Å². The minimum Gasteiger partial charge on any atom is -0.396 e. The van der Waals surface area contributed by atoms with Gasteiger partial charge in [-0.25, -0.2) is 0 Å². The van der Waals surface area contributed by atoms with Crippen molar-refractivity contribution in [3.63, 3.8) is 0 Å². The molecule has 176 valence electrons. The van der Waals surface area contributed by atoms with Crippen LogP contribution in [0.15, 0.2) is 0 Å². The first-order chi connectivity index (χ1) is 14.2. The highest BCUT2D eigenvalue weighted by Gasteiger charge is 2.28. The second kappa shape index (κ2) is 22.5. The van der Waals surface area contributed by atoms with Crippen LogP contribution < -0.4 is 0 Å². The Morgan fingerprint density at radius 3 is 1.48 bits per heavy atom. The molecule has 0 bridgehead atoms. The standard InChI is InChI=1S/C25H52O4/c1-3-5-7-8-9-10-12-17-21-29-24-25(22-26,23-27)18-14-11-13-16-20-28-19-15-6-4-2/h26-27H,3-24H2,1-2H3. The molecule has 29 heavy (non-hydrogen) atoms. The van der Waals surface area contributed by atoms with Gasteiger partial charge in [0.15, 0.2) is 0 Å². The fourth-order valence-corrected chi connectivity index (χ4v) is 3.61. The summed E-state index contributed by atoms with van der Waals surface area (Å²) < 4.78 is 11.5. The van der Waals surface area contributed by atoms with E-state index in [1.54, 1.807) is 0 Å². The molecule has 0 spiro atoms. The first kappa shape index (κ1) is 28.8. The first-order valence-corrected chi connectivity index (χ1v) is 12.6. The smallest absolute Gasteiger partial charge is 0.0566 e. The summed E-state index contributed by atoms with van der Waals surface area (Å²) in [5.74, 6) is 0. The summed E-state index contributed by atoms with van der Waals surface area (Å²) in [6.07, 6.45) is 19.2. The SMILES string of the molecule is CCCCCCCCCCOCC(CO)(CO)CCCCCCOCCCCC. The molecule has 0 amide bonds. The summed E-state index contributed by atoms with van der Waals surface area (Å²) in [6.45, 7) is 7.42. The van der Waals surface area contributed by atoms with Crippen LogP contribution in [-0.4, -0.2) is 49.9 Å². The van der Waals surface area contributed by atoms with Crippen molar-refractivity contribution < 1.29 is 19.7 Å². The molecule has 0 aromatic rings. The molecular weight excluding hydrogens is 364 g/mol. The van der Waals surface area contributed by atoms with Crippen molar-refractivity contribution in [1.29, 1.82) is 0 Å². The average Bonchev–Trinajstić information content (AvgIpc) is 2.75. The van der Waals surface area contributed by atoms with Crippen molar-refractivity contribution in [2.45, 2.75) is 117 Å². The van der Waals surface area contributed by atoms with Crippen LogP contribution in [0.5, 0.6) is 0 Å². The molecule has 0 aromatic heterocycles. The van der Waals surface area contributed by atoms with Crippen molar-refractivity contribution in [2.75, 3.05) is 39.6 Å². The van der Waals surface area contributed by atoms with E-state index in [9.17, 15) is 10.2 Å². The van der Waals surface area contributed by atoms with Gasteiger partial charge in [-0.15, -0.1) is 0 Å². The monoisotopic (exact) mass is 416 g/mol. The summed E-state index contributed by atoms with van der Waals surface area (Å²) in [5.41, 5.74) is -0.475. The van der Waals surface area contributed by atoms with E-state index >= 15 is 0 Å². The van der Waals surface area contributed by atoms with Gasteiger partial charge >= 0.3 is 0 Å². The lowest BCUT2D eigenvalue weighted by Crippen LogP contribution is -2.35. The molecular formula is C25H52O4. The molecule has 0 unspecified atom stereocenters. The summed E-state index contributed by atoms with van der Waals surface area (Å²) in [7, 11) is 0. The van der Waals surface area contributed by atoms with Crippen LogP contribution in [0.1, 0.15) is 117 Å². The largest absolute Gasteiger partial charge is 0.396 e. The van der Waals surface area contributed by atoms with Crippen molar-refractivity contribution in [1.82, 2.24) is 0 Å². The zero-order valence-corrected chi connectivity index (χ0v) is 19.8. The first-order valence-electron chi connectivity index (χ1n) is 12.6. The van der Waals surface area contributed by atoms with Gasteiger partial charge in [0, 0.05) is 25.2 Å². The maximum atomic E-state index is 9.80. The predicted octanol–water partition coefficient (Wildman–Crippen LogP) is 6.27. The maximum Gasteiger partial charge on any atom is 0.0566 e. The van der Waals surface area contributed by atoms with Crippen LogP contribution in [0, 0.1) is 5.41 Å². The number of hydrogen-bond donors (Lipinski definition) is 2. The van der Waals surface area contributed by atoms with Crippen molar-refractivity contribution in [2.24, 2.45) is 5.41 Å². The van der Waals surface area contributed by atoms with Gasteiger partial charge in [-0.3, -0.25) is 0 Å². The van der Waals surface area contributed by atoms with Gasteiger partial charge in [-0.2, -0.15) is 0 Å². The van der Waals surface area contributed by atoms with E-state index in [1.807, 2.05) is 0 Å². The molecule has 0 heterocycles. The molecule has 0 aliphatic rings. The van der Waals surface area contributed by atoms with Gasteiger partial charge in [0.1, 0.15) is 0 Å². The van der Waals surface area contributed by atoms with Gasteiger partial charge in [0.2, 0.25) is 0 Å². The molecule has 0 fully saturated rings. The van der Waals surface area contributed by atoms with Crippen LogP contribution in [0.3, 0.4) is 0 Å². The highest BCUT2D eigenvalue weighted by Crippen LogP contribution is 2.25. The predicted molar refractivity (Wildman–Crippen MR) is 123 cm³/mol. The number of aliphatic hydroxyl groups excluding tert-OH is 2. The van der Waals surface area contributed by atoms with Gasteiger partial charge < -0.3 is 19.7 Å². The molecule has 0 aliphatic carbocycles. The fraction of sp³-hybridized carbons (Fsp3) is 1.00. The molecule has 0 aromatic carbocycles. The van der Waals surface area contributed by atoms with Crippen molar-refractivity contribution >= 4 is 0 Å². The minimum atomic E-state index is -0.475. The van der Waals surface area contributed by atoms with E-state index in [4.69, 9.17) is 9.47 Å². The van der Waals surface area contributed by atoms with Crippen LogP contribution in [-0.2, 0) is 9.47 Å². The van der Waals surface area contributed by atoms with Crippen LogP contribution in [0.2, 0.25) is 0 Å². The zero-order chi connectivity index (χ0) is 21.5. The summed E-state index contributed by atoms with van der Waals surface area (Å²) in [4.78, 5) is 0. The molecule has 0 atom stereocenters. The number of aliphatic hydroxyl groups is 2. The molecule has 4 heteroatoms. The maximum absolute atomic E-state index is 9.80. The summed E-state index contributed by atoms with van der Waals surface area (Å²) >= 11 is 0. The molecule has 0 rings (SSSR count). The molecule has 4 nitrogen and oxygen atoms in total. The lowest BCUT2D eigenvalue weighted by Gasteiger charge is -2.29. The third-order valence-corrected chi connectivity index (χ3v) is 5.86. The van der Waals surface area contributed by atoms with Gasteiger partial charge in [-0.1, -0.05) is 90.9 Å². The lowest BCUT2D eigenvalue weighted by molar-refractivity contribution is -0.0348. The van der Waals surface area contributed by atoms with Crippen molar-refractivity contribution in [3.05, 3.63) is 0 Å². The zero-order valence-electron chi connectivity index (χ0n) is 19.8. The minimum absolute atomic E-state index is 0.00146. The Morgan fingerprint density at radius 2 is 0.931 bits per heavy atom. The van der Waals surface area contributed by atoms with Crippen LogP contribution in [0.4, 0.5) is 0 Å². The second-order valence-electron chi connectivity index (χ2n) is 8.83. The quantitative estimate of drug-likeness (QED) is 0.182. The fourth-order valence-electron chi connectivity index (χ4n) is 3.61. The Hall–Kier alpha value is -0.160. The highest BCUT2D eigenvalue weighted by atomic mass is 16.5. The van der Waals surface area contributed by atoms with E-state index in [0.717, 1.165) is 58.3 Å². The Labute approximate surface area is 181 Å². The molecule has 2 N–H and O–H groups in total. The molecule has 0 saturated heterocycles. The Bertz CT molecular complexity index is 279. The number of unbranched alkanes of at least 4 members (excludes halogenated alkanes) is 12. The Kier molecular flexibility index (Phi) is 22.4. The topological polar surface area (TPSA) is 58.9 Å². The Balaban J connectivity index is 3.64. The normalized spacial score (nSPS) is 12.0. The van der Waals surface area contributed by atoms with Crippen LogP contribution >= 0.6 is 0 Å². The second-order valence-corrected chi connectivity index (χ2v) is 8.83. The third kappa shape index (κ3) is 18.3. The van der Waals surface area contributed by atoms with Gasteiger partial charge in [0.05, 0.1) is 19.8 Å². The number of hydrogen-bond acceptors (Lipinski definition) is 4. The van der Waals surface area contributed by atoms with Gasteiger partial charge in [-0.05, 0) is 25.7 Å². The van der Waals surface area contributed by atoms with E-state index < -0.39 is 5.41 Å². The Morgan fingerprint density at radius 1 is 0.517 bits per heavy atom. The summed E-state index contributed by atoms with van der Waals surface area (Å²) in [6, 6.07) is 0. The molecule has 0 saturated carbocycles. The van der Waals surface area contributed by atoms with E-state index in [2.05, 4.69) is 13.8 Å². The van der Waals surface area contributed by atoms with E-state index in [0.29, 0.717) is 6.61 Å². The molecule has 0 radical (unpaired) electrons. The lowest BCUT2D eigenvalue weighted by atomic mass is 9.85. The highest BCUT2D eigenvalue weighted by molar-refractivity contribution is 4.77. The van der Waals surface area contributed by atoms with Gasteiger partial charge in [0.25, 0.3) is 0 Å².